The van der Waals surface area contributed by atoms with E-state index in [0.717, 1.165) is 11.4 Å². The van der Waals surface area contributed by atoms with Gasteiger partial charge >= 0.3 is 0 Å². The lowest BCUT2D eigenvalue weighted by Crippen LogP contribution is -2.25. The summed E-state index contributed by atoms with van der Waals surface area (Å²) in [5.74, 6) is 0. The minimum atomic E-state index is 0.538. The van der Waals surface area contributed by atoms with Gasteiger partial charge in [-0.2, -0.15) is 0 Å². The fourth-order valence-electron chi connectivity index (χ4n) is 1.99. The first kappa shape index (κ1) is 10.7. The molecule has 0 amide bonds. The molecular formula is C13H16ClN. The van der Waals surface area contributed by atoms with Crippen LogP contribution in [-0.4, -0.2) is 25.0 Å². The Bertz CT molecular complexity index is 382. The molecule has 80 valence electrons. The van der Waals surface area contributed by atoms with Crippen molar-refractivity contribution >= 4 is 17.7 Å². The van der Waals surface area contributed by atoms with E-state index in [9.17, 15) is 0 Å². The van der Waals surface area contributed by atoms with Crippen LogP contribution < -0.4 is 0 Å². The summed E-state index contributed by atoms with van der Waals surface area (Å²) in [6.07, 6.45) is 6.77. The Hall–Kier alpha value is -0.790. The zero-order chi connectivity index (χ0) is 10.8. The molecule has 0 radical (unpaired) electrons. The van der Waals surface area contributed by atoms with Gasteiger partial charge in [0.25, 0.3) is 0 Å². The molecule has 1 aliphatic carbocycles. The average molecular weight is 222 g/mol. The summed E-state index contributed by atoms with van der Waals surface area (Å²) in [5.41, 5.74) is 2.67. The van der Waals surface area contributed by atoms with Gasteiger partial charge in [-0.3, -0.25) is 0 Å². The van der Waals surface area contributed by atoms with Crippen molar-refractivity contribution < 1.29 is 0 Å². The largest absolute Gasteiger partial charge is 0.303 e. The molecule has 1 unspecified atom stereocenters. The van der Waals surface area contributed by atoms with Crippen molar-refractivity contribution in [3.63, 3.8) is 0 Å². The second kappa shape index (κ2) is 4.38. The number of fused-ring (bicyclic) bond motifs is 1. The van der Waals surface area contributed by atoms with Crippen LogP contribution in [0.25, 0.3) is 6.08 Å². The summed E-state index contributed by atoms with van der Waals surface area (Å²) in [5, 5.41) is 0.821. The molecular weight excluding hydrogens is 206 g/mol. The smallest absolute Gasteiger partial charge is 0.0412 e. The summed E-state index contributed by atoms with van der Waals surface area (Å²) in [6, 6.07) is 6.70. The number of aryl methyl sites for hydroxylation is 1. The van der Waals surface area contributed by atoms with Gasteiger partial charge in [-0.25, -0.2) is 0 Å². The van der Waals surface area contributed by atoms with E-state index in [1.165, 1.54) is 17.5 Å². The molecule has 15 heavy (non-hydrogen) atoms. The normalized spacial score (nSPS) is 20.1. The van der Waals surface area contributed by atoms with E-state index in [0.29, 0.717) is 6.04 Å². The minimum Gasteiger partial charge on any atom is -0.303 e. The highest BCUT2D eigenvalue weighted by molar-refractivity contribution is 6.30. The maximum atomic E-state index is 5.98. The topological polar surface area (TPSA) is 3.24 Å². The number of halogens is 1. The van der Waals surface area contributed by atoms with Crippen molar-refractivity contribution in [3.8, 4) is 0 Å². The van der Waals surface area contributed by atoms with Crippen LogP contribution in [0.15, 0.2) is 24.3 Å². The van der Waals surface area contributed by atoms with Crippen molar-refractivity contribution in [1.82, 2.24) is 4.90 Å². The summed E-state index contributed by atoms with van der Waals surface area (Å²) in [4.78, 5) is 2.25. The van der Waals surface area contributed by atoms with E-state index in [1.807, 2.05) is 12.1 Å². The van der Waals surface area contributed by atoms with Gasteiger partial charge in [0, 0.05) is 11.1 Å². The predicted molar refractivity (Wildman–Crippen MR) is 66.3 cm³/mol. The molecule has 1 aliphatic rings. The first-order valence-electron chi connectivity index (χ1n) is 5.30. The summed E-state index contributed by atoms with van der Waals surface area (Å²) >= 11 is 5.98. The Labute approximate surface area is 96.4 Å². The van der Waals surface area contributed by atoms with Gasteiger partial charge in [-0.05, 0) is 50.2 Å². The lowest BCUT2D eigenvalue weighted by atomic mass is 10.0. The fraction of sp³-hybridized carbons (Fsp3) is 0.385. The lowest BCUT2D eigenvalue weighted by molar-refractivity contribution is 0.330. The molecule has 0 bridgehead atoms. The van der Waals surface area contributed by atoms with Crippen LogP contribution in [0.1, 0.15) is 17.5 Å². The summed E-state index contributed by atoms with van der Waals surface area (Å²) < 4.78 is 0. The molecule has 0 saturated heterocycles. The quantitative estimate of drug-likeness (QED) is 0.704. The molecule has 1 nitrogen and oxygen atoms in total. The van der Waals surface area contributed by atoms with E-state index in [4.69, 9.17) is 11.6 Å². The van der Waals surface area contributed by atoms with E-state index >= 15 is 0 Å². The molecule has 0 spiro atoms. The molecule has 0 aliphatic heterocycles. The van der Waals surface area contributed by atoms with Crippen molar-refractivity contribution in [2.75, 3.05) is 14.1 Å². The summed E-state index contributed by atoms with van der Waals surface area (Å²) in [6.45, 7) is 0. The van der Waals surface area contributed by atoms with Crippen LogP contribution in [-0.2, 0) is 6.42 Å². The van der Waals surface area contributed by atoms with Crippen molar-refractivity contribution in [2.45, 2.75) is 18.9 Å². The first-order valence-corrected chi connectivity index (χ1v) is 5.67. The van der Waals surface area contributed by atoms with Crippen molar-refractivity contribution in [1.29, 1.82) is 0 Å². The average Bonchev–Trinajstić information content (AvgIpc) is 2.39. The number of likely N-dealkylation sites (N-methyl/N-ethyl adjacent to an activating group) is 1. The maximum Gasteiger partial charge on any atom is 0.0412 e. The van der Waals surface area contributed by atoms with Gasteiger partial charge in [0.05, 0.1) is 0 Å². The highest BCUT2D eigenvalue weighted by atomic mass is 35.5. The standard InChI is InChI=1S/C13H16ClN/c1-15(2)13-7-4-10-3-6-12(14)9-11(10)5-8-13/h3,5-6,8-9,13H,4,7H2,1-2H3. The number of rotatable bonds is 1. The van der Waals surface area contributed by atoms with Gasteiger partial charge in [-0.1, -0.05) is 29.8 Å². The maximum absolute atomic E-state index is 5.98. The minimum absolute atomic E-state index is 0.538. The Morgan fingerprint density at radius 3 is 2.87 bits per heavy atom. The molecule has 1 aromatic rings. The number of hydrogen-bond donors (Lipinski definition) is 0. The fourth-order valence-corrected chi connectivity index (χ4v) is 2.17. The number of hydrogen-bond acceptors (Lipinski definition) is 1. The Morgan fingerprint density at radius 2 is 2.13 bits per heavy atom. The van der Waals surface area contributed by atoms with Gasteiger partial charge in [0.2, 0.25) is 0 Å². The predicted octanol–water partition coefficient (Wildman–Crippen LogP) is 3.23. The van der Waals surface area contributed by atoms with Gasteiger partial charge in [0.15, 0.2) is 0 Å². The molecule has 2 heteroatoms. The van der Waals surface area contributed by atoms with Crippen molar-refractivity contribution in [2.24, 2.45) is 0 Å². The molecule has 2 rings (SSSR count). The number of nitrogens with zero attached hydrogens (tertiary/aromatic N) is 1. The van der Waals surface area contributed by atoms with E-state index in [-0.39, 0.29) is 0 Å². The van der Waals surface area contributed by atoms with Crippen LogP contribution in [0.3, 0.4) is 0 Å². The highest BCUT2D eigenvalue weighted by Crippen LogP contribution is 2.23. The Morgan fingerprint density at radius 1 is 1.33 bits per heavy atom. The van der Waals surface area contributed by atoms with E-state index < -0.39 is 0 Å². The van der Waals surface area contributed by atoms with Crippen molar-refractivity contribution in [3.05, 3.63) is 40.4 Å². The zero-order valence-corrected chi connectivity index (χ0v) is 9.96. The SMILES string of the molecule is CN(C)C1C=Cc2cc(Cl)ccc2CC1. The second-order valence-corrected chi connectivity index (χ2v) is 4.71. The van der Waals surface area contributed by atoms with Crippen LogP contribution in [0.5, 0.6) is 0 Å². The monoisotopic (exact) mass is 221 g/mol. The third-order valence-electron chi connectivity index (χ3n) is 2.98. The highest BCUT2D eigenvalue weighted by Gasteiger charge is 2.12. The molecule has 1 aromatic carbocycles. The van der Waals surface area contributed by atoms with Gasteiger partial charge in [-0.15, -0.1) is 0 Å². The van der Waals surface area contributed by atoms with Crippen LogP contribution in [0.4, 0.5) is 0 Å². The van der Waals surface area contributed by atoms with Crippen LogP contribution >= 0.6 is 11.6 Å². The lowest BCUT2D eigenvalue weighted by Gasteiger charge is -2.19. The molecule has 0 saturated carbocycles. The third kappa shape index (κ3) is 2.42. The number of benzene rings is 1. The Kier molecular flexibility index (Phi) is 3.13. The molecule has 0 N–H and O–H groups in total. The third-order valence-corrected chi connectivity index (χ3v) is 3.21. The molecule has 0 fully saturated rings. The molecule has 0 heterocycles. The second-order valence-electron chi connectivity index (χ2n) is 4.27. The summed E-state index contributed by atoms with van der Waals surface area (Å²) in [7, 11) is 4.25. The molecule has 0 aromatic heterocycles. The van der Waals surface area contributed by atoms with Gasteiger partial charge in [0.1, 0.15) is 0 Å². The van der Waals surface area contributed by atoms with Gasteiger partial charge < -0.3 is 4.90 Å². The Balaban J connectivity index is 2.29. The first-order chi connectivity index (χ1) is 7.16. The van der Waals surface area contributed by atoms with Crippen LogP contribution in [0.2, 0.25) is 5.02 Å². The zero-order valence-electron chi connectivity index (χ0n) is 9.20. The molecule has 1 atom stereocenters. The van der Waals surface area contributed by atoms with Crippen LogP contribution in [0, 0.1) is 0 Å². The van der Waals surface area contributed by atoms with E-state index in [2.05, 4.69) is 37.2 Å². The van der Waals surface area contributed by atoms with E-state index in [1.54, 1.807) is 0 Å².